The predicted octanol–water partition coefficient (Wildman–Crippen LogP) is 2.85. The molecule has 0 aliphatic heterocycles. The van der Waals surface area contributed by atoms with Gasteiger partial charge in [-0.05, 0) is 18.2 Å². The zero-order chi connectivity index (χ0) is 14.0. The standard InChI is InChI=1S/C9H9BrF3NO2S2/c10-6-1-2-8(7(5-6)9(11,12)13)17-3-4-18(14,15)16/h1-2,5H,3-4H2,(H2,14,15,16). The van der Waals surface area contributed by atoms with E-state index in [1.165, 1.54) is 12.1 Å². The van der Waals surface area contributed by atoms with Gasteiger partial charge in [-0.1, -0.05) is 15.9 Å². The molecule has 3 nitrogen and oxygen atoms in total. The molecule has 0 aromatic heterocycles. The number of hydrogen-bond acceptors (Lipinski definition) is 3. The molecule has 0 atom stereocenters. The van der Waals surface area contributed by atoms with Gasteiger partial charge in [-0.2, -0.15) is 13.2 Å². The molecule has 9 heteroatoms. The van der Waals surface area contributed by atoms with Crippen molar-refractivity contribution in [2.24, 2.45) is 5.14 Å². The summed E-state index contributed by atoms with van der Waals surface area (Å²) in [5, 5.41) is 4.78. The Kier molecular flexibility index (Phi) is 5.10. The lowest BCUT2D eigenvalue weighted by Crippen LogP contribution is -2.18. The van der Waals surface area contributed by atoms with Crippen LogP contribution in [0.2, 0.25) is 0 Å². The molecule has 1 rings (SSSR count). The van der Waals surface area contributed by atoms with Crippen molar-refractivity contribution in [2.45, 2.75) is 11.1 Å². The number of nitrogens with two attached hydrogens (primary N) is 1. The second-order valence-electron chi connectivity index (χ2n) is 3.35. The Morgan fingerprint density at radius 3 is 2.44 bits per heavy atom. The van der Waals surface area contributed by atoms with Crippen LogP contribution in [0.4, 0.5) is 13.2 Å². The third-order valence-corrected chi connectivity index (χ3v) is 4.47. The average Bonchev–Trinajstić information content (AvgIpc) is 2.17. The number of hydrogen-bond donors (Lipinski definition) is 1. The van der Waals surface area contributed by atoms with E-state index in [0.717, 1.165) is 17.8 Å². The van der Waals surface area contributed by atoms with Crippen LogP contribution in [0.5, 0.6) is 0 Å². The summed E-state index contributed by atoms with van der Waals surface area (Å²) < 4.78 is 59.8. The van der Waals surface area contributed by atoms with Crippen molar-refractivity contribution in [1.82, 2.24) is 0 Å². The SMILES string of the molecule is NS(=O)(=O)CCSc1ccc(Br)cc1C(F)(F)F. The van der Waals surface area contributed by atoms with Crippen LogP contribution in [0.15, 0.2) is 27.6 Å². The number of sulfonamides is 1. The Bertz CT molecular complexity index is 531. The Hall–Kier alpha value is -0.250. The number of alkyl halides is 3. The summed E-state index contributed by atoms with van der Waals surface area (Å²) in [5.41, 5.74) is -0.795. The summed E-state index contributed by atoms with van der Waals surface area (Å²) in [6.45, 7) is 0. The van der Waals surface area contributed by atoms with Crippen molar-refractivity contribution in [3.8, 4) is 0 Å². The van der Waals surface area contributed by atoms with Crippen molar-refractivity contribution in [3.63, 3.8) is 0 Å². The molecule has 0 saturated heterocycles. The van der Waals surface area contributed by atoms with Crippen LogP contribution in [0.3, 0.4) is 0 Å². The van der Waals surface area contributed by atoms with Crippen molar-refractivity contribution in [1.29, 1.82) is 0 Å². The maximum Gasteiger partial charge on any atom is 0.417 e. The summed E-state index contributed by atoms with van der Waals surface area (Å²) in [5.74, 6) is -0.394. The summed E-state index contributed by atoms with van der Waals surface area (Å²) >= 11 is 3.77. The molecule has 102 valence electrons. The summed E-state index contributed by atoms with van der Waals surface area (Å²) in [6.07, 6.45) is -4.48. The highest BCUT2D eigenvalue weighted by Gasteiger charge is 2.33. The maximum atomic E-state index is 12.7. The van der Waals surface area contributed by atoms with Crippen LogP contribution >= 0.6 is 27.7 Å². The topological polar surface area (TPSA) is 60.2 Å². The minimum Gasteiger partial charge on any atom is -0.229 e. The van der Waals surface area contributed by atoms with Gasteiger partial charge in [0.05, 0.1) is 11.3 Å². The molecular weight excluding hydrogens is 355 g/mol. The average molecular weight is 364 g/mol. The number of rotatable bonds is 4. The van der Waals surface area contributed by atoms with Gasteiger partial charge in [-0.3, -0.25) is 0 Å². The van der Waals surface area contributed by atoms with E-state index >= 15 is 0 Å². The Morgan fingerprint density at radius 2 is 1.94 bits per heavy atom. The van der Waals surface area contributed by atoms with E-state index < -0.39 is 21.8 Å². The van der Waals surface area contributed by atoms with E-state index in [9.17, 15) is 21.6 Å². The second-order valence-corrected chi connectivity index (χ2v) is 7.14. The molecule has 2 N–H and O–H groups in total. The number of thioether (sulfide) groups is 1. The van der Waals surface area contributed by atoms with Crippen molar-refractivity contribution in [3.05, 3.63) is 28.2 Å². The summed E-state index contributed by atoms with van der Waals surface area (Å²) in [4.78, 5) is -0.0191. The molecule has 0 unspecified atom stereocenters. The van der Waals surface area contributed by atoms with Gasteiger partial charge in [-0.25, -0.2) is 13.6 Å². The lowest BCUT2D eigenvalue weighted by Gasteiger charge is -2.12. The van der Waals surface area contributed by atoms with Crippen LogP contribution in [0.25, 0.3) is 0 Å². The molecular formula is C9H9BrF3NO2S2. The van der Waals surface area contributed by atoms with E-state index in [2.05, 4.69) is 15.9 Å². The Morgan fingerprint density at radius 1 is 1.33 bits per heavy atom. The monoisotopic (exact) mass is 363 g/mol. The fourth-order valence-electron chi connectivity index (χ4n) is 1.12. The first-order valence-corrected chi connectivity index (χ1v) is 8.09. The minimum atomic E-state index is -4.48. The molecule has 0 fully saturated rings. The zero-order valence-electron chi connectivity index (χ0n) is 8.87. The number of benzene rings is 1. The first-order valence-electron chi connectivity index (χ1n) is 4.59. The van der Waals surface area contributed by atoms with E-state index in [1.807, 2.05) is 0 Å². The lowest BCUT2D eigenvalue weighted by molar-refractivity contribution is -0.139. The van der Waals surface area contributed by atoms with Gasteiger partial charge in [0.15, 0.2) is 0 Å². The Labute approximate surface area is 115 Å². The van der Waals surface area contributed by atoms with Crippen molar-refractivity contribution >= 4 is 37.7 Å². The Balaban J connectivity index is 2.89. The van der Waals surface area contributed by atoms with E-state index in [0.29, 0.717) is 4.47 Å². The van der Waals surface area contributed by atoms with Crippen LogP contribution in [-0.4, -0.2) is 19.9 Å². The molecule has 18 heavy (non-hydrogen) atoms. The first-order chi connectivity index (χ1) is 8.09. The predicted molar refractivity (Wildman–Crippen MR) is 67.8 cm³/mol. The highest BCUT2D eigenvalue weighted by Crippen LogP contribution is 2.38. The largest absolute Gasteiger partial charge is 0.417 e. The molecule has 1 aromatic rings. The van der Waals surface area contributed by atoms with Crippen molar-refractivity contribution < 1.29 is 21.6 Å². The molecule has 0 amide bonds. The first kappa shape index (κ1) is 15.8. The fraction of sp³-hybridized carbons (Fsp3) is 0.333. The van der Waals surface area contributed by atoms with Crippen LogP contribution in [0.1, 0.15) is 5.56 Å². The normalized spacial score (nSPS) is 12.7. The zero-order valence-corrected chi connectivity index (χ0v) is 12.1. The maximum absolute atomic E-state index is 12.7. The third kappa shape index (κ3) is 5.17. The quantitative estimate of drug-likeness (QED) is 0.836. The van der Waals surface area contributed by atoms with Gasteiger partial charge in [0.2, 0.25) is 10.0 Å². The smallest absolute Gasteiger partial charge is 0.229 e. The molecule has 0 bridgehead atoms. The highest BCUT2D eigenvalue weighted by atomic mass is 79.9. The fourth-order valence-corrected chi connectivity index (χ4v) is 3.46. The molecule has 0 heterocycles. The second kappa shape index (κ2) is 5.81. The van der Waals surface area contributed by atoms with Gasteiger partial charge in [0, 0.05) is 15.1 Å². The number of primary sulfonamides is 1. The molecule has 0 aliphatic carbocycles. The van der Waals surface area contributed by atoms with Crippen LogP contribution < -0.4 is 5.14 Å². The third-order valence-electron chi connectivity index (χ3n) is 1.87. The van der Waals surface area contributed by atoms with E-state index in [-0.39, 0.29) is 16.4 Å². The van der Waals surface area contributed by atoms with Gasteiger partial charge >= 0.3 is 6.18 Å². The lowest BCUT2D eigenvalue weighted by atomic mass is 10.2. The van der Waals surface area contributed by atoms with Crippen LogP contribution in [0, 0.1) is 0 Å². The summed E-state index contributed by atoms with van der Waals surface area (Å²) in [6, 6.07) is 3.72. The van der Waals surface area contributed by atoms with Gasteiger partial charge < -0.3 is 0 Å². The summed E-state index contributed by atoms with van der Waals surface area (Å²) in [7, 11) is -3.66. The van der Waals surface area contributed by atoms with Gasteiger partial charge in [-0.15, -0.1) is 11.8 Å². The highest BCUT2D eigenvalue weighted by molar-refractivity contribution is 9.10. The molecule has 1 aromatic carbocycles. The molecule has 0 aliphatic rings. The molecule has 0 spiro atoms. The van der Waals surface area contributed by atoms with E-state index in [1.54, 1.807) is 0 Å². The van der Waals surface area contributed by atoms with Gasteiger partial charge in [0.1, 0.15) is 0 Å². The van der Waals surface area contributed by atoms with E-state index in [4.69, 9.17) is 5.14 Å². The van der Waals surface area contributed by atoms with Crippen molar-refractivity contribution in [2.75, 3.05) is 11.5 Å². The molecule has 0 saturated carbocycles. The van der Waals surface area contributed by atoms with Gasteiger partial charge in [0.25, 0.3) is 0 Å². The number of halogens is 4. The minimum absolute atomic E-state index is 0.0191. The van der Waals surface area contributed by atoms with Crippen LogP contribution in [-0.2, 0) is 16.2 Å². The molecule has 0 radical (unpaired) electrons.